The fourth-order valence-electron chi connectivity index (χ4n) is 6.34. The lowest BCUT2D eigenvalue weighted by molar-refractivity contribution is -0.138. The Bertz CT molecular complexity index is 2380. The van der Waals surface area contributed by atoms with Gasteiger partial charge in [0.2, 0.25) is 11.8 Å². The number of halogens is 4. The number of nitrogens with one attached hydrogen (secondary N) is 2. The van der Waals surface area contributed by atoms with Crippen LogP contribution in [0.3, 0.4) is 0 Å². The number of rotatable bonds is 20. The normalized spacial score (nSPS) is 13.7. The van der Waals surface area contributed by atoms with Gasteiger partial charge >= 0.3 is 6.18 Å². The summed E-state index contributed by atoms with van der Waals surface area (Å²) in [4.78, 5) is 62.5. The van der Waals surface area contributed by atoms with Gasteiger partial charge in [-0.1, -0.05) is 42.4 Å². The van der Waals surface area contributed by atoms with Crippen LogP contribution in [0.25, 0.3) is 16.8 Å². The Labute approximate surface area is 365 Å². The van der Waals surface area contributed by atoms with E-state index < -0.39 is 53.0 Å². The number of benzene rings is 4. The third-order valence-electron chi connectivity index (χ3n) is 9.77. The Kier molecular flexibility index (Phi) is 15.9. The summed E-state index contributed by atoms with van der Waals surface area (Å²) in [6.45, 7) is 7.49. The molecule has 0 aliphatic carbocycles. The molecule has 1 aliphatic heterocycles. The first-order valence-corrected chi connectivity index (χ1v) is 19.5. The van der Waals surface area contributed by atoms with Crippen molar-refractivity contribution < 1.29 is 61.2 Å². The lowest BCUT2D eigenvalue weighted by Crippen LogP contribution is -2.53. The van der Waals surface area contributed by atoms with Gasteiger partial charge in [0.15, 0.2) is 12.9 Å². The molecule has 332 valence electrons. The van der Waals surface area contributed by atoms with Crippen LogP contribution >= 0.6 is 11.6 Å². The first-order valence-electron chi connectivity index (χ1n) is 19.2. The number of hydrogen-bond acceptors (Lipinski definition) is 12. The summed E-state index contributed by atoms with van der Waals surface area (Å²) in [7, 11) is 2.94. The summed E-state index contributed by atoms with van der Waals surface area (Å²) >= 11 is 5.87. The van der Waals surface area contributed by atoms with Crippen LogP contribution in [0.15, 0.2) is 84.5 Å². The van der Waals surface area contributed by atoms with Crippen molar-refractivity contribution in [3.8, 4) is 34.1 Å². The molecule has 4 aromatic rings. The molecule has 63 heavy (non-hydrogen) atoms. The molecule has 15 nitrogen and oxygen atoms in total. The molecular weight excluding hydrogens is 851 g/mol. The Hall–Kier alpha value is -6.92. The monoisotopic (exact) mass is 893 g/mol. The maximum Gasteiger partial charge on any atom is 0.417 e. The number of aromatic hydroxyl groups is 1. The number of likely N-dealkylation sites (N-methyl/N-ethyl adjacent to an activating group) is 1. The number of nitrogens with zero attached hydrogens (tertiary/aromatic N) is 3. The predicted octanol–water partition coefficient (Wildman–Crippen LogP) is 6.11. The number of hydrogen-bond donors (Lipinski definition) is 3. The van der Waals surface area contributed by atoms with E-state index in [0.717, 1.165) is 17.0 Å². The highest BCUT2D eigenvalue weighted by Crippen LogP contribution is 2.45. The van der Waals surface area contributed by atoms with Crippen LogP contribution in [0.4, 0.5) is 13.2 Å². The third-order valence-corrected chi connectivity index (χ3v) is 10.1. The molecule has 1 heterocycles. The van der Waals surface area contributed by atoms with Crippen LogP contribution in [0.1, 0.15) is 50.2 Å². The van der Waals surface area contributed by atoms with Crippen molar-refractivity contribution in [2.24, 2.45) is 5.10 Å². The molecule has 0 bridgehead atoms. The molecule has 1 aliphatic rings. The SMILES string of the molecule is C=NN(C)C(=C)c1ccc(OCc2ccc(OCCOCCNC(=O)COc3cccc(C(=O)N(C)C4CCC(=O)NC4=O)c3C=O)cc2)c(-c2ccc(Cl)c(C(F)(F)F)c2)c1O. The van der Waals surface area contributed by atoms with Crippen molar-refractivity contribution in [2.45, 2.75) is 31.7 Å². The average Bonchev–Trinajstić information content (AvgIpc) is 3.26. The zero-order valence-corrected chi connectivity index (χ0v) is 34.9. The second-order valence-electron chi connectivity index (χ2n) is 13.9. The second kappa shape index (κ2) is 21.2. The minimum Gasteiger partial charge on any atom is -0.506 e. The Morgan fingerprint density at radius 3 is 2.41 bits per heavy atom. The molecule has 19 heteroatoms. The molecule has 4 amide bonds. The fourth-order valence-corrected chi connectivity index (χ4v) is 6.57. The topological polar surface area (TPSA) is 185 Å². The van der Waals surface area contributed by atoms with Crippen LogP contribution in [-0.4, -0.2) is 105 Å². The van der Waals surface area contributed by atoms with Gasteiger partial charge in [0.05, 0.1) is 46.2 Å². The summed E-state index contributed by atoms with van der Waals surface area (Å²) in [6, 6.07) is 16.5. The summed E-state index contributed by atoms with van der Waals surface area (Å²) in [5.74, 6) is -1.97. The first kappa shape index (κ1) is 47.1. The summed E-state index contributed by atoms with van der Waals surface area (Å²) in [5, 5.41) is 20.7. The highest BCUT2D eigenvalue weighted by atomic mass is 35.5. The number of phenols is 1. The number of ether oxygens (including phenoxy) is 4. The maximum atomic E-state index is 13.8. The number of phenolic OH excluding ortho intramolecular Hbond substituents is 1. The summed E-state index contributed by atoms with van der Waals surface area (Å²) in [6.07, 6.45) is -4.12. The standard InChI is InChI=1S/C44H43ClF3N5O10/c1-26(53(4)49-2)30-13-16-37(40(41(30)57)28-10-14-34(45)33(22-28)44(46,47)48)62-24-27-8-11-29(12-9-27)61-21-20-60-19-18-50-39(56)25-63-36-7-5-6-31(32(36)23-54)43(59)52(3)35-15-17-38(55)51-42(35)58/h5-14,16,22-23,35,57H,1-2,15,17-21,24-25H2,3-4H3,(H,50,56)(H,51,55,58). The van der Waals surface area contributed by atoms with Crippen molar-refractivity contribution in [2.75, 3.05) is 47.1 Å². The molecule has 0 saturated carbocycles. The van der Waals surface area contributed by atoms with E-state index in [1.807, 2.05) is 0 Å². The third kappa shape index (κ3) is 11.9. The van der Waals surface area contributed by atoms with E-state index >= 15 is 0 Å². The van der Waals surface area contributed by atoms with Gasteiger partial charge in [-0.05, 0) is 66.1 Å². The van der Waals surface area contributed by atoms with Crippen molar-refractivity contribution in [3.63, 3.8) is 0 Å². The van der Waals surface area contributed by atoms with Gasteiger partial charge in [0.1, 0.15) is 42.3 Å². The lowest BCUT2D eigenvalue weighted by Gasteiger charge is -2.30. The number of carbonyl (C=O) groups excluding carboxylic acids is 5. The number of imide groups is 1. The van der Waals surface area contributed by atoms with Crippen LogP contribution in [-0.2, 0) is 31.9 Å². The van der Waals surface area contributed by atoms with Crippen molar-refractivity contribution in [3.05, 3.63) is 112 Å². The second-order valence-corrected chi connectivity index (χ2v) is 14.3. The number of aldehydes is 1. The van der Waals surface area contributed by atoms with E-state index in [1.54, 1.807) is 31.3 Å². The molecule has 1 atom stereocenters. The molecule has 5 rings (SSSR count). The van der Waals surface area contributed by atoms with E-state index in [-0.39, 0.29) is 96.6 Å². The minimum atomic E-state index is -4.75. The van der Waals surface area contributed by atoms with Crippen molar-refractivity contribution in [1.82, 2.24) is 20.5 Å². The van der Waals surface area contributed by atoms with Crippen molar-refractivity contribution in [1.29, 1.82) is 0 Å². The highest BCUT2D eigenvalue weighted by molar-refractivity contribution is 6.31. The average molecular weight is 894 g/mol. The molecule has 1 saturated heterocycles. The maximum absolute atomic E-state index is 13.8. The predicted molar refractivity (Wildman–Crippen MR) is 226 cm³/mol. The van der Waals surface area contributed by atoms with Gasteiger partial charge in [0, 0.05) is 39.3 Å². The molecule has 1 fully saturated rings. The molecule has 3 N–H and O–H groups in total. The van der Waals surface area contributed by atoms with Gasteiger partial charge < -0.3 is 34.3 Å². The summed E-state index contributed by atoms with van der Waals surface area (Å²) in [5.41, 5.74) is -0.101. The van der Waals surface area contributed by atoms with Gasteiger partial charge in [-0.25, -0.2) is 0 Å². The Morgan fingerprint density at radius 1 is 0.984 bits per heavy atom. The van der Waals surface area contributed by atoms with Crippen LogP contribution < -0.4 is 24.8 Å². The van der Waals surface area contributed by atoms with Crippen LogP contribution in [0, 0.1) is 0 Å². The Morgan fingerprint density at radius 2 is 1.73 bits per heavy atom. The van der Waals surface area contributed by atoms with Crippen molar-refractivity contribution >= 4 is 53.9 Å². The van der Waals surface area contributed by atoms with Gasteiger partial charge in [-0.15, -0.1) is 0 Å². The number of piperidine rings is 1. The van der Waals surface area contributed by atoms with E-state index in [9.17, 15) is 42.3 Å². The number of hydrazone groups is 1. The highest BCUT2D eigenvalue weighted by Gasteiger charge is 2.35. The number of alkyl halides is 3. The molecule has 0 aromatic heterocycles. The zero-order valence-electron chi connectivity index (χ0n) is 34.1. The van der Waals surface area contributed by atoms with Gasteiger partial charge in [0.25, 0.3) is 11.8 Å². The van der Waals surface area contributed by atoms with Gasteiger partial charge in [-0.3, -0.25) is 34.3 Å². The van der Waals surface area contributed by atoms with E-state index in [1.165, 1.54) is 48.5 Å². The zero-order chi connectivity index (χ0) is 45.8. The molecule has 0 radical (unpaired) electrons. The molecule has 0 spiro atoms. The van der Waals surface area contributed by atoms with E-state index in [0.29, 0.717) is 17.6 Å². The largest absolute Gasteiger partial charge is 0.506 e. The van der Waals surface area contributed by atoms with E-state index in [4.69, 9.17) is 30.5 Å². The molecule has 4 aromatic carbocycles. The summed E-state index contributed by atoms with van der Waals surface area (Å²) < 4.78 is 64.2. The minimum absolute atomic E-state index is 0.00522. The lowest BCUT2D eigenvalue weighted by atomic mass is 9.97. The van der Waals surface area contributed by atoms with Crippen LogP contribution in [0.5, 0.6) is 23.0 Å². The Balaban J connectivity index is 1.07. The van der Waals surface area contributed by atoms with Gasteiger partial charge in [-0.2, -0.15) is 18.3 Å². The molecular formula is C44H43ClF3N5O10. The molecule has 1 unspecified atom stereocenters. The number of carbonyl (C=O) groups is 5. The smallest absolute Gasteiger partial charge is 0.417 e. The fraction of sp³-hybridized carbons (Fsp3) is 0.273. The first-order chi connectivity index (χ1) is 30.0. The van der Waals surface area contributed by atoms with Crippen LogP contribution in [0.2, 0.25) is 5.02 Å². The number of amides is 4. The quantitative estimate of drug-likeness (QED) is 0.0306. The van der Waals surface area contributed by atoms with E-state index in [2.05, 4.69) is 29.0 Å².